The topological polar surface area (TPSA) is 71.0 Å². The van der Waals surface area contributed by atoms with Gasteiger partial charge in [-0.2, -0.15) is 0 Å². The maximum absolute atomic E-state index is 9.64. The van der Waals surface area contributed by atoms with Gasteiger partial charge in [-0.25, -0.2) is 0 Å². The van der Waals surface area contributed by atoms with Crippen molar-refractivity contribution in [2.24, 2.45) is 0 Å². The summed E-state index contributed by atoms with van der Waals surface area (Å²) in [5, 5.41) is 21.7. The predicted octanol–water partition coefficient (Wildman–Crippen LogP) is 0.537. The molecule has 0 aliphatic carbocycles. The molecule has 0 aliphatic heterocycles. The Morgan fingerprint density at radius 3 is 2.72 bits per heavy atom. The fourth-order valence-corrected chi connectivity index (χ4v) is 1.49. The van der Waals surface area contributed by atoms with Crippen LogP contribution in [-0.4, -0.2) is 43.1 Å². The molecule has 0 bridgehead atoms. The van der Waals surface area contributed by atoms with Crippen LogP contribution in [0.5, 0.6) is 11.5 Å². The minimum Gasteiger partial charge on any atom is -0.493 e. The van der Waals surface area contributed by atoms with Gasteiger partial charge in [-0.05, 0) is 24.2 Å². The van der Waals surface area contributed by atoms with Crippen molar-refractivity contribution in [3.05, 3.63) is 23.8 Å². The molecule has 5 nitrogen and oxygen atoms in total. The minimum absolute atomic E-state index is 0.0420. The molecular weight excluding hydrogens is 234 g/mol. The van der Waals surface area contributed by atoms with Gasteiger partial charge in [0.25, 0.3) is 0 Å². The molecule has 0 aliphatic rings. The van der Waals surface area contributed by atoms with Gasteiger partial charge in [-0.1, -0.05) is 13.0 Å². The monoisotopic (exact) mass is 255 g/mol. The first kappa shape index (κ1) is 14.8. The smallest absolute Gasteiger partial charge is 0.161 e. The SMILES string of the molecule is CCNCC(O)COc1ccc(CO)cc1OC. The third-order valence-electron chi connectivity index (χ3n) is 2.47. The average Bonchev–Trinajstić information content (AvgIpc) is 2.42. The highest BCUT2D eigenvalue weighted by Gasteiger charge is 2.09. The molecule has 18 heavy (non-hydrogen) atoms. The van der Waals surface area contributed by atoms with E-state index in [0.717, 1.165) is 12.1 Å². The summed E-state index contributed by atoms with van der Waals surface area (Å²) in [6, 6.07) is 5.20. The van der Waals surface area contributed by atoms with E-state index < -0.39 is 6.10 Å². The Morgan fingerprint density at radius 2 is 2.11 bits per heavy atom. The van der Waals surface area contributed by atoms with E-state index in [1.165, 1.54) is 0 Å². The van der Waals surface area contributed by atoms with E-state index in [1.54, 1.807) is 25.3 Å². The largest absolute Gasteiger partial charge is 0.493 e. The van der Waals surface area contributed by atoms with Gasteiger partial charge in [-0.15, -0.1) is 0 Å². The molecule has 0 fully saturated rings. The molecule has 0 radical (unpaired) electrons. The van der Waals surface area contributed by atoms with Gasteiger partial charge in [0.05, 0.1) is 13.7 Å². The van der Waals surface area contributed by atoms with Crippen molar-refractivity contribution in [3.8, 4) is 11.5 Å². The van der Waals surface area contributed by atoms with Crippen molar-refractivity contribution in [2.75, 3.05) is 26.8 Å². The first-order valence-corrected chi connectivity index (χ1v) is 6.00. The number of methoxy groups -OCH3 is 1. The van der Waals surface area contributed by atoms with E-state index in [2.05, 4.69) is 5.32 Å². The molecule has 1 unspecified atom stereocenters. The van der Waals surface area contributed by atoms with Gasteiger partial charge >= 0.3 is 0 Å². The Bertz CT molecular complexity index is 357. The number of aliphatic hydroxyl groups is 2. The van der Waals surface area contributed by atoms with E-state index >= 15 is 0 Å². The van der Waals surface area contributed by atoms with Crippen LogP contribution in [0.3, 0.4) is 0 Å². The molecule has 0 aromatic heterocycles. The highest BCUT2D eigenvalue weighted by Crippen LogP contribution is 2.28. The number of nitrogens with one attached hydrogen (secondary N) is 1. The van der Waals surface area contributed by atoms with Gasteiger partial charge < -0.3 is 25.0 Å². The van der Waals surface area contributed by atoms with Crippen molar-refractivity contribution in [2.45, 2.75) is 19.6 Å². The first-order valence-electron chi connectivity index (χ1n) is 6.00. The lowest BCUT2D eigenvalue weighted by Gasteiger charge is -2.15. The Hall–Kier alpha value is -1.30. The maximum Gasteiger partial charge on any atom is 0.161 e. The van der Waals surface area contributed by atoms with Crippen LogP contribution in [-0.2, 0) is 6.61 Å². The molecule has 1 atom stereocenters. The molecule has 1 aromatic carbocycles. The Morgan fingerprint density at radius 1 is 1.33 bits per heavy atom. The van der Waals surface area contributed by atoms with Crippen molar-refractivity contribution >= 4 is 0 Å². The highest BCUT2D eigenvalue weighted by molar-refractivity contribution is 5.42. The Labute approximate surface area is 107 Å². The maximum atomic E-state index is 9.64. The van der Waals surface area contributed by atoms with Crippen LogP contribution in [0, 0.1) is 0 Å². The van der Waals surface area contributed by atoms with Crippen molar-refractivity contribution in [1.82, 2.24) is 5.32 Å². The van der Waals surface area contributed by atoms with E-state index in [-0.39, 0.29) is 13.2 Å². The molecule has 5 heteroatoms. The molecule has 0 saturated heterocycles. The predicted molar refractivity (Wildman–Crippen MR) is 69.0 cm³/mol. The number of likely N-dealkylation sites (N-methyl/N-ethyl adjacent to an activating group) is 1. The summed E-state index contributed by atoms with van der Waals surface area (Å²) in [4.78, 5) is 0. The molecule has 1 aromatic rings. The second-order valence-electron chi connectivity index (χ2n) is 3.92. The summed E-state index contributed by atoms with van der Waals surface area (Å²) < 4.78 is 10.7. The van der Waals surface area contributed by atoms with Crippen LogP contribution >= 0.6 is 0 Å². The minimum atomic E-state index is -0.563. The van der Waals surface area contributed by atoms with Gasteiger partial charge in [0.2, 0.25) is 0 Å². The number of benzene rings is 1. The van der Waals surface area contributed by atoms with Gasteiger partial charge in [0.15, 0.2) is 11.5 Å². The van der Waals surface area contributed by atoms with Crippen LogP contribution < -0.4 is 14.8 Å². The molecular formula is C13H21NO4. The van der Waals surface area contributed by atoms with Crippen LogP contribution in [0.25, 0.3) is 0 Å². The van der Waals surface area contributed by atoms with Gasteiger partial charge in [-0.3, -0.25) is 0 Å². The first-order chi connectivity index (χ1) is 8.71. The highest BCUT2D eigenvalue weighted by atomic mass is 16.5. The Balaban J connectivity index is 2.55. The summed E-state index contributed by atoms with van der Waals surface area (Å²) in [5.41, 5.74) is 0.757. The van der Waals surface area contributed by atoms with E-state index in [9.17, 15) is 5.11 Å². The summed E-state index contributed by atoms with van der Waals surface area (Å²) >= 11 is 0. The molecule has 0 heterocycles. The summed E-state index contributed by atoms with van der Waals surface area (Å²) in [6.45, 7) is 3.44. The fourth-order valence-electron chi connectivity index (χ4n) is 1.49. The van der Waals surface area contributed by atoms with Crippen molar-refractivity contribution in [3.63, 3.8) is 0 Å². The second kappa shape index (κ2) is 7.92. The van der Waals surface area contributed by atoms with Crippen molar-refractivity contribution < 1.29 is 19.7 Å². The van der Waals surface area contributed by atoms with E-state index in [1.807, 2.05) is 6.92 Å². The fraction of sp³-hybridized carbons (Fsp3) is 0.538. The van der Waals surface area contributed by atoms with Gasteiger partial charge in [0.1, 0.15) is 12.7 Å². The molecule has 102 valence electrons. The summed E-state index contributed by atoms with van der Waals surface area (Å²) in [5.74, 6) is 1.11. The van der Waals surface area contributed by atoms with E-state index in [0.29, 0.717) is 18.0 Å². The molecule has 0 amide bonds. The van der Waals surface area contributed by atoms with Crippen LogP contribution in [0.1, 0.15) is 12.5 Å². The zero-order valence-electron chi connectivity index (χ0n) is 10.8. The third kappa shape index (κ3) is 4.52. The van der Waals surface area contributed by atoms with Crippen LogP contribution in [0.15, 0.2) is 18.2 Å². The molecule has 0 spiro atoms. The lowest BCUT2D eigenvalue weighted by Crippen LogP contribution is -2.31. The van der Waals surface area contributed by atoms with Crippen LogP contribution in [0.2, 0.25) is 0 Å². The van der Waals surface area contributed by atoms with Crippen molar-refractivity contribution in [1.29, 1.82) is 0 Å². The Kier molecular flexibility index (Phi) is 6.49. The summed E-state index contributed by atoms with van der Waals surface area (Å²) in [6.07, 6.45) is -0.563. The van der Waals surface area contributed by atoms with Gasteiger partial charge in [0, 0.05) is 6.54 Å². The van der Waals surface area contributed by atoms with Crippen LogP contribution in [0.4, 0.5) is 0 Å². The lowest BCUT2D eigenvalue weighted by molar-refractivity contribution is 0.105. The summed E-state index contributed by atoms with van der Waals surface area (Å²) in [7, 11) is 1.54. The normalized spacial score (nSPS) is 12.2. The lowest BCUT2D eigenvalue weighted by atomic mass is 10.2. The number of hydrogen-bond acceptors (Lipinski definition) is 5. The number of ether oxygens (including phenoxy) is 2. The zero-order chi connectivity index (χ0) is 13.4. The van der Waals surface area contributed by atoms with E-state index in [4.69, 9.17) is 14.6 Å². The third-order valence-corrected chi connectivity index (χ3v) is 2.47. The number of rotatable bonds is 8. The second-order valence-corrected chi connectivity index (χ2v) is 3.92. The standard InChI is InChI=1S/C13H21NO4/c1-3-14-7-11(16)9-18-12-5-4-10(8-15)6-13(12)17-2/h4-6,11,14-16H,3,7-9H2,1-2H3. The molecule has 3 N–H and O–H groups in total. The average molecular weight is 255 g/mol. The molecule has 0 saturated carbocycles. The number of hydrogen-bond donors (Lipinski definition) is 3. The zero-order valence-corrected chi connectivity index (χ0v) is 10.8. The number of aliphatic hydroxyl groups excluding tert-OH is 2. The molecule has 1 rings (SSSR count). The quantitative estimate of drug-likeness (QED) is 0.632.